The van der Waals surface area contributed by atoms with Crippen molar-refractivity contribution in [3.63, 3.8) is 0 Å². The maximum atomic E-state index is 14.0. The molecule has 8 nitrogen and oxygen atoms in total. The average Bonchev–Trinajstić information content (AvgIpc) is 3.23. The smallest absolute Gasteiger partial charge is 0.317 e. The van der Waals surface area contributed by atoms with Gasteiger partial charge in [0.25, 0.3) is 5.91 Å². The van der Waals surface area contributed by atoms with Crippen molar-refractivity contribution in [2.75, 3.05) is 27.2 Å². The third kappa shape index (κ3) is 5.03. The highest BCUT2D eigenvalue weighted by atomic mass is 35.5. The SMILES string of the molecule is COc1ncc(C(=O)N2CCCC(N(C)C(=O)NCc3cc4cc(Cl)ccc4[nH]3)C2)cc1F. The van der Waals surface area contributed by atoms with Gasteiger partial charge in [-0.3, -0.25) is 4.79 Å². The van der Waals surface area contributed by atoms with Crippen LogP contribution >= 0.6 is 11.6 Å². The van der Waals surface area contributed by atoms with E-state index in [0.717, 1.165) is 35.5 Å². The van der Waals surface area contributed by atoms with Gasteiger partial charge in [-0.05, 0) is 43.2 Å². The Morgan fingerprint density at radius 1 is 1.36 bits per heavy atom. The number of nitrogens with zero attached hydrogens (tertiary/aromatic N) is 3. The number of urea groups is 1. The summed E-state index contributed by atoms with van der Waals surface area (Å²) in [6, 6.07) is 8.26. The van der Waals surface area contributed by atoms with Crippen LogP contribution in [-0.2, 0) is 6.54 Å². The summed E-state index contributed by atoms with van der Waals surface area (Å²) in [5.41, 5.74) is 1.96. The van der Waals surface area contributed by atoms with Gasteiger partial charge >= 0.3 is 6.03 Å². The molecule has 2 aromatic heterocycles. The minimum absolute atomic E-state index is 0.153. The number of aromatic amines is 1. The Hall–Kier alpha value is -3.33. The van der Waals surface area contributed by atoms with E-state index in [-0.39, 0.29) is 29.4 Å². The summed E-state index contributed by atoms with van der Waals surface area (Å²) in [7, 11) is 3.03. The number of benzene rings is 1. The van der Waals surface area contributed by atoms with E-state index in [1.54, 1.807) is 16.8 Å². The maximum Gasteiger partial charge on any atom is 0.317 e. The van der Waals surface area contributed by atoms with Crippen molar-refractivity contribution in [2.45, 2.75) is 25.4 Å². The molecule has 2 N–H and O–H groups in total. The van der Waals surface area contributed by atoms with E-state index in [1.165, 1.54) is 13.3 Å². The Balaban J connectivity index is 1.36. The van der Waals surface area contributed by atoms with Crippen molar-refractivity contribution in [1.29, 1.82) is 0 Å². The number of ether oxygens (including phenoxy) is 1. The number of amides is 3. The molecule has 1 fully saturated rings. The zero-order valence-electron chi connectivity index (χ0n) is 18.4. The minimum atomic E-state index is -0.687. The highest BCUT2D eigenvalue weighted by molar-refractivity contribution is 6.31. The first-order valence-electron chi connectivity index (χ1n) is 10.6. The number of aromatic nitrogens is 2. The molecule has 1 aliphatic rings. The fourth-order valence-electron chi connectivity index (χ4n) is 4.05. The highest BCUT2D eigenvalue weighted by Crippen LogP contribution is 2.21. The van der Waals surface area contributed by atoms with Crippen LogP contribution in [0.4, 0.5) is 9.18 Å². The molecule has 1 aliphatic heterocycles. The van der Waals surface area contributed by atoms with Gasteiger partial charge < -0.3 is 24.8 Å². The lowest BCUT2D eigenvalue weighted by atomic mass is 10.0. The largest absolute Gasteiger partial charge is 0.479 e. The topological polar surface area (TPSA) is 90.6 Å². The van der Waals surface area contributed by atoms with Crippen molar-refractivity contribution in [3.05, 3.63) is 58.6 Å². The Morgan fingerprint density at radius 3 is 2.94 bits per heavy atom. The second-order valence-electron chi connectivity index (χ2n) is 8.06. The number of piperidine rings is 1. The number of likely N-dealkylation sites (N-methyl/N-ethyl adjacent to an activating group) is 1. The van der Waals surface area contributed by atoms with Crippen LogP contribution in [0.1, 0.15) is 28.9 Å². The molecule has 4 rings (SSSR count). The molecule has 1 aromatic carbocycles. The van der Waals surface area contributed by atoms with Gasteiger partial charge in [-0.2, -0.15) is 0 Å². The number of methoxy groups -OCH3 is 1. The number of fused-ring (bicyclic) bond motifs is 1. The zero-order chi connectivity index (χ0) is 23.5. The maximum absolute atomic E-state index is 14.0. The Kier molecular flexibility index (Phi) is 6.69. The lowest BCUT2D eigenvalue weighted by Crippen LogP contribution is -2.52. The predicted octanol–water partition coefficient (Wildman–Crippen LogP) is 3.81. The molecule has 1 saturated heterocycles. The molecule has 0 radical (unpaired) electrons. The molecular formula is C23H25ClFN5O3. The second-order valence-corrected chi connectivity index (χ2v) is 8.49. The number of carbonyl (C=O) groups is 2. The first-order chi connectivity index (χ1) is 15.9. The number of H-pyrrole nitrogens is 1. The van der Waals surface area contributed by atoms with E-state index in [9.17, 15) is 14.0 Å². The van der Waals surface area contributed by atoms with Gasteiger partial charge in [-0.15, -0.1) is 0 Å². The van der Waals surface area contributed by atoms with E-state index >= 15 is 0 Å². The van der Waals surface area contributed by atoms with E-state index in [0.29, 0.717) is 24.7 Å². The molecular weight excluding hydrogens is 449 g/mol. The lowest BCUT2D eigenvalue weighted by Gasteiger charge is -2.37. The van der Waals surface area contributed by atoms with E-state index in [1.807, 2.05) is 24.3 Å². The van der Waals surface area contributed by atoms with E-state index in [2.05, 4.69) is 15.3 Å². The van der Waals surface area contributed by atoms with Crippen LogP contribution in [0, 0.1) is 5.82 Å². The summed E-state index contributed by atoms with van der Waals surface area (Å²) < 4.78 is 18.8. The average molecular weight is 474 g/mol. The number of hydrogen-bond acceptors (Lipinski definition) is 4. The van der Waals surface area contributed by atoms with Gasteiger partial charge in [-0.1, -0.05) is 11.6 Å². The number of likely N-dealkylation sites (tertiary alicyclic amines) is 1. The minimum Gasteiger partial charge on any atom is -0.479 e. The number of hydrogen-bond donors (Lipinski definition) is 2. The summed E-state index contributed by atoms with van der Waals surface area (Å²) in [6.45, 7) is 1.24. The summed E-state index contributed by atoms with van der Waals surface area (Å²) >= 11 is 6.03. The van der Waals surface area contributed by atoms with Crippen molar-refractivity contribution >= 4 is 34.4 Å². The first kappa shape index (κ1) is 22.8. The summed E-state index contributed by atoms with van der Waals surface area (Å²) in [5.74, 6) is -1.16. The van der Waals surface area contributed by atoms with Gasteiger partial charge in [0.15, 0.2) is 5.82 Å². The Bertz CT molecular complexity index is 1180. The van der Waals surface area contributed by atoms with Gasteiger partial charge in [0.1, 0.15) is 0 Å². The third-order valence-electron chi connectivity index (χ3n) is 5.87. The van der Waals surface area contributed by atoms with E-state index in [4.69, 9.17) is 16.3 Å². The molecule has 3 aromatic rings. The second kappa shape index (κ2) is 9.66. The monoisotopic (exact) mass is 473 g/mol. The predicted molar refractivity (Wildman–Crippen MR) is 123 cm³/mol. The third-order valence-corrected chi connectivity index (χ3v) is 6.10. The normalized spacial score (nSPS) is 16.0. The molecule has 3 amide bonds. The van der Waals surface area contributed by atoms with Crippen LogP contribution in [0.15, 0.2) is 36.5 Å². The van der Waals surface area contributed by atoms with Crippen LogP contribution in [0.3, 0.4) is 0 Å². The fourth-order valence-corrected chi connectivity index (χ4v) is 4.23. The highest BCUT2D eigenvalue weighted by Gasteiger charge is 2.29. The molecule has 33 heavy (non-hydrogen) atoms. The molecule has 174 valence electrons. The van der Waals surface area contributed by atoms with Crippen LogP contribution < -0.4 is 10.1 Å². The van der Waals surface area contributed by atoms with E-state index < -0.39 is 5.82 Å². The van der Waals surface area contributed by atoms with Gasteiger partial charge in [0.2, 0.25) is 5.88 Å². The van der Waals surface area contributed by atoms with Crippen molar-refractivity contribution in [1.82, 2.24) is 25.1 Å². The van der Waals surface area contributed by atoms with Crippen molar-refractivity contribution in [2.24, 2.45) is 0 Å². The Labute approximate surface area is 195 Å². The fraction of sp³-hybridized carbons (Fsp3) is 0.348. The standard InChI is InChI=1S/C23H25ClFN5O3/c1-29(23(32)27-12-17-9-14-8-16(24)5-6-20(14)28-17)18-4-3-7-30(13-18)22(31)15-10-19(25)21(33-2)26-11-15/h5-6,8-11,18,28H,3-4,7,12-13H2,1-2H3,(H,27,32). The molecule has 1 atom stereocenters. The summed E-state index contributed by atoms with van der Waals surface area (Å²) in [4.78, 5) is 35.9. The molecule has 0 saturated carbocycles. The van der Waals surface area contributed by atoms with Crippen LogP contribution in [0.2, 0.25) is 5.02 Å². The summed E-state index contributed by atoms with van der Waals surface area (Å²) in [5, 5.41) is 4.55. The van der Waals surface area contributed by atoms with Gasteiger partial charge in [-0.25, -0.2) is 14.2 Å². The zero-order valence-corrected chi connectivity index (χ0v) is 19.2. The molecule has 0 spiro atoms. The van der Waals surface area contributed by atoms with Crippen LogP contribution in [0.25, 0.3) is 10.9 Å². The number of pyridine rings is 1. The van der Waals surface area contributed by atoms with Crippen LogP contribution in [-0.4, -0.2) is 65.0 Å². The number of nitrogens with one attached hydrogen (secondary N) is 2. The van der Waals surface area contributed by atoms with Gasteiger partial charge in [0.05, 0.1) is 25.3 Å². The molecule has 10 heteroatoms. The van der Waals surface area contributed by atoms with Gasteiger partial charge in [0, 0.05) is 48.0 Å². The van der Waals surface area contributed by atoms with Crippen LogP contribution in [0.5, 0.6) is 5.88 Å². The first-order valence-corrected chi connectivity index (χ1v) is 11.0. The summed E-state index contributed by atoms with van der Waals surface area (Å²) in [6.07, 6.45) is 2.81. The lowest BCUT2D eigenvalue weighted by molar-refractivity contribution is 0.0635. The number of rotatable bonds is 5. The molecule has 0 bridgehead atoms. The molecule has 1 unspecified atom stereocenters. The quantitative estimate of drug-likeness (QED) is 0.589. The van der Waals surface area contributed by atoms with Crippen molar-refractivity contribution < 1.29 is 18.7 Å². The Morgan fingerprint density at radius 2 is 2.18 bits per heavy atom. The molecule has 3 heterocycles. The number of carbonyl (C=O) groups excluding carboxylic acids is 2. The molecule has 0 aliphatic carbocycles. The van der Waals surface area contributed by atoms with Crippen molar-refractivity contribution in [3.8, 4) is 5.88 Å². The number of halogens is 2.